The number of fused-ring (bicyclic) bond motifs is 1. The minimum absolute atomic E-state index is 0.276. The van der Waals surface area contributed by atoms with E-state index in [-0.39, 0.29) is 11.5 Å². The number of carboxylic acid groups (broad SMARTS) is 1. The van der Waals surface area contributed by atoms with Crippen molar-refractivity contribution in [1.82, 2.24) is 9.88 Å². The Kier molecular flexibility index (Phi) is 6.37. The molecule has 0 atom stereocenters. The van der Waals surface area contributed by atoms with Gasteiger partial charge >= 0.3 is 5.97 Å². The number of carboxylic acids is 1. The van der Waals surface area contributed by atoms with Gasteiger partial charge in [0.05, 0.1) is 0 Å². The molecule has 164 valence electrons. The van der Waals surface area contributed by atoms with Crippen molar-refractivity contribution in [2.75, 3.05) is 6.54 Å². The maximum absolute atomic E-state index is 13.4. The first kappa shape index (κ1) is 21.8. The quantitative estimate of drug-likeness (QED) is 0.364. The Morgan fingerprint density at radius 1 is 1.03 bits per heavy atom. The van der Waals surface area contributed by atoms with Gasteiger partial charge in [-0.3, -0.25) is 0 Å². The van der Waals surface area contributed by atoms with Crippen LogP contribution in [0.3, 0.4) is 0 Å². The van der Waals surface area contributed by atoms with Gasteiger partial charge in [-0.25, -0.2) is 9.18 Å². The van der Waals surface area contributed by atoms with Gasteiger partial charge in [0.25, 0.3) is 0 Å². The van der Waals surface area contributed by atoms with Crippen molar-refractivity contribution in [3.8, 4) is 0 Å². The lowest BCUT2D eigenvalue weighted by atomic mass is 10.1. The average molecular weight is 431 g/mol. The van der Waals surface area contributed by atoms with Gasteiger partial charge in [0.1, 0.15) is 11.5 Å². The zero-order valence-electron chi connectivity index (χ0n) is 18.4. The van der Waals surface area contributed by atoms with E-state index in [0.29, 0.717) is 13.1 Å². The number of hydrogen-bond donors (Lipinski definition) is 2. The van der Waals surface area contributed by atoms with E-state index in [0.717, 1.165) is 40.6 Å². The number of aryl methyl sites for hydroxylation is 2. The molecule has 3 aromatic carbocycles. The summed E-state index contributed by atoms with van der Waals surface area (Å²) in [4.78, 5) is 12.3. The van der Waals surface area contributed by atoms with Gasteiger partial charge in [0, 0.05) is 29.6 Å². The fourth-order valence-electron chi connectivity index (χ4n) is 4.22. The molecule has 2 N–H and O–H groups in total. The lowest BCUT2D eigenvalue weighted by Crippen LogP contribution is -2.19. The number of nitrogens with zero attached hydrogens (tertiary/aromatic N) is 1. The Balaban J connectivity index is 1.65. The predicted octanol–water partition coefficient (Wildman–Crippen LogP) is 5.48. The molecule has 4 nitrogen and oxygen atoms in total. The minimum Gasteiger partial charge on any atom is -0.477 e. The van der Waals surface area contributed by atoms with Gasteiger partial charge in [-0.15, -0.1) is 0 Å². The first-order valence-electron chi connectivity index (χ1n) is 10.8. The highest BCUT2D eigenvalue weighted by Crippen LogP contribution is 2.29. The highest BCUT2D eigenvalue weighted by Gasteiger charge is 2.22. The zero-order valence-corrected chi connectivity index (χ0v) is 18.4. The molecule has 1 heterocycles. The van der Waals surface area contributed by atoms with E-state index < -0.39 is 5.97 Å². The molecule has 0 aliphatic heterocycles. The molecule has 0 amide bonds. The fourth-order valence-corrected chi connectivity index (χ4v) is 4.22. The number of aromatic nitrogens is 1. The second-order valence-electron chi connectivity index (χ2n) is 8.22. The highest BCUT2D eigenvalue weighted by atomic mass is 19.1. The Labute approximate surface area is 187 Å². The van der Waals surface area contributed by atoms with Gasteiger partial charge in [0.2, 0.25) is 0 Å². The van der Waals surface area contributed by atoms with Gasteiger partial charge in [-0.05, 0) is 67.3 Å². The summed E-state index contributed by atoms with van der Waals surface area (Å²) in [6.45, 7) is 5.67. The van der Waals surface area contributed by atoms with Crippen molar-refractivity contribution in [3.63, 3.8) is 0 Å². The third-order valence-corrected chi connectivity index (χ3v) is 5.92. The fraction of sp³-hybridized carbons (Fsp3) is 0.222. The highest BCUT2D eigenvalue weighted by molar-refractivity contribution is 5.98. The van der Waals surface area contributed by atoms with Crippen molar-refractivity contribution in [2.45, 2.75) is 33.4 Å². The monoisotopic (exact) mass is 430 g/mol. The van der Waals surface area contributed by atoms with Crippen LogP contribution in [0.1, 0.15) is 38.3 Å². The maximum Gasteiger partial charge on any atom is 0.352 e. The van der Waals surface area contributed by atoms with Crippen LogP contribution in [0.25, 0.3) is 10.9 Å². The molecule has 1 aromatic heterocycles. The van der Waals surface area contributed by atoms with Crippen molar-refractivity contribution >= 4 is 16.9 Å². The van der Waals surface area contributed by atoms with Crippen LogP contribution in [0.4, 0.5) is 4.39 Å². The molecule has 4 rings (SSSR count). The number of rotatable bonds is 8. The molecule has 0 saturated carbocycles. The third-order valence-electron chi connectivity index (χ3n) is 5.92. The summed E-state index contributed by atoms with van der Waals surface area (Å²) in [5.41, 5.74) is 6.39. The minimum atomic E-state index is -0.961. The Morgan fingerprint density at radius 2 is 1.78 bits per heavy atom. The Morgan fingerprint density at radius 3 is 2.50 bits per heavy atom. The largest absolute Gasteiger partial charge is 0.477 e. The van der Waals surface area contributed by atoms with E-state index in [4.69, 9.17) is 0 Å². The third kappa shape index (κ3) is 4.58. The van der Waals surface area contributed by atoms with Crippen LogP contribution in [0, 0.1) is 19.7 Å². The maximum atomic E-state index is 13.4. The van der Waals surface area contributed by atoms with E-state index in [1.165, 1.54) is 23.3 Å². The zero-order chi connectivity index (χ0) is 22.7. The topological polar surface area (TPSA) is 54.3 Å². The van der Waals surface area contributed by atoms with Crippen LogP contribution in [-0.2, 0) is 19.5 Å². The molecule has 0 aliphatic carbocycles. The van der Waals surface area contributed by atoms with E-state index >= 15 is 0 Å². The first-order valence-corrected chi connectivity index (χ1v) is 10.8. The van der Waals surface area contributed by atoms with E-state index in [1.54, 1.807) is 12.1 Å². The van der Waals surface area contributed by atoms with Gasteiger partial charge in [-0.1, -0.05) is 48.5 Å². The number of aromatic carboxylic acids is 1. The molecule has 0 unspecified atom stereocenters. The Hall–Kier alpha value is -3.44. The van der Waals surface area contributed by atoms with Crippen LogP contribution >= 0.6 is 0 Å². The lowest BCUT2D eigenvalue weighted by molar-refractivity contribution is 0.0684. The second kappa shape index (κ2) is 9.37. The van der Waals surface area contributed by atoms with Crippen LogP contribution in [0.2, 0.25) is 0 Å². The summed E-state index contributed by atoms with van der Waals surface area (Å²) >= 11 is 0. The molecular weight excluding hydrogens is 403 g/mol. The number of hydrogen-bond acceptors (Lipinski definition) is 2. The smallest absolute Gasteiger partial charge is 0.352 e. The molecule has 4 aromatic rings. The SMILES string of the molecule is Cc1ccc2c(CNCCc3ccccc3C)c(C(=O)O)n(Cc3ccc(F)cc3)c2c1. The second-order valence-corrected chi connectivity index (χ2v) is 8.22. The van der Waals surface area contributed by atoms with E-state index in [9.17, 15) is 14.3 Å². The van der Waals surface area contributed by atoms with Crippen LogP contribution < -0.4 is 5.32 Å². The standard InChI is InChI=1S/C27H27FN2O2/c1-18-7-12-23-24(16-29-14-13-21-6-4-3-5-19(21)2)26(27(31)32)30(25(23)15-18)17-20-8-10-22(28)11-9-20/h3-12,15,29H,13-14,16-17H2,1-2H3,(H,31,32). The van der Waals surface area contributed by atoms with Gasteiger partial charge in [-0.2, -0.15) is 0 Å². The normalized spacial score (nSPS) is 11.2. The molecular formula is C27H27FN2O2. The predicted molar refractivity (Wildman–Crippen MR) is 126 cm³/mol. The lowest BCUT2D eigenvalue weighted by Gasteiger charge is -2.11. The molecule has 5 heteroatoms. The van der Waals surface area contributed by atoms with Crippen molar-refractivity contribution in [2.24, 2.45) is 0 Å². The van der Waals surface area contributed by atoms with Crippen molar-refractivity contribution in [1.29, 1.82) is 0 Å². The molecule has 0 bridgehead atoms. The molecule has 0 fully saturated rings. The molecule has 0 radical (unpaired) electrons. The summed E-state index contributed by atoms with van der Waals surface area (Å²) in [7, 11) is 0. The van der Waals surface area contributed by atoms with Crippen LogP contribution in [0.5, 0.6) is 0 Å². The summed E-state index contributed by atoms with van der Waals surface area (Å²) in [5.74, 6) is -1.27. The van der Waals surface area contributed by atoms with Crippen LogP contribution in [-0.4, -0.2) is 22.2 Å². The van der Waals surface area contributed by atoms with Crippen molar-refractivity contribution in [3.05, 3.63) is 106 Å². The summed E-state index contributed by atoms with van der Waals surface area (Å²) < 4.78 is 15.2. The number of carbonyl (C=O) groups is 1. The van der Waals surface area contributed by atoms with E-state index in [2.05, 4.69) is 24.4 Å². The molecule has 0 saturated heterocycles. The first-order chi connectivity index (χ1) is 15.4. The molecule has 0 aliphatic rings. The Bertz CT molecular complexity index is 1260. The van der Waals surface area contributed by atoms with E-state index in [1.807, 2.05) is 41.8 Å². The summed E-state index contributed by atoms with van der Waals surface area (Å²) in [6.07, 6.45) is 0.877. The summed E-state index contributed by atoms with van der Waals surface area (Å²) in [5, 5.41) is 14.5. The number of nitrogens with one attached hydrogen (secondary N) is 1. The molecule has 0 spiro atoms. The summed E-state index contributed by atoms with van der Waals surface area (Å²) in [6, 6.07) is 20.5. The average Bonchev–Trinajstić information content (AvgIpc) is 3.06. The van der Waals surface area contributed by atoms with Gasteiger partial charge in [0.15, 0.2) is 0 Å². The number of benzene rings is 3. The van der Waals surface area contributed by atoms with Crippen LogP contribution in [0.15, 0.2) is 66.7 Å². The van der Waals surface area contributed by atoms with Gasteiger partial charge < -0.3 is 15.0 Å². The van der Waals surface area contributed by atoms with Crippen molar-refractivity contribution < 1.29 is 14.3 Å². The molecule has 32 heavy (non-hydrogen) atoms. The number of halogens is 1.